The van der Waals surface area contributed by atoms with Crippen molar-refractivity contribution in [3.05, 3.63) is 46.0 Å². The number of rotatable bonds is 3. The van der Waals surface area contributed by atoms with E-state index in [9.17, 15) is 4.79 Å². The smallest absolute Gasteiger partial charge is 0.264 e. The molecule has 92 valence electrons. The molecule has 2 N–H and O–H groups in total. The minimum absolute atomic E-state index is 0.122. The molecule has 0 radical (unpaired) electrons. The summed E-state index contributed by atoms with van der Waals surface area (Å²) in [5, 5.41) is 9.81. The van der Waals surface area contributed by atoms with Gasteiger partial charge in [-0.05, 0) is 28.2 Å². The second-order valence-corrected chi connectivity index (χ2v) is 4.96. The summed E-state index contributed by atoms with van der Waals surface area (Å²) >= 11 is 1.10. The topological polar surface area (TPSA) is 66.9 Å². The quantitative estimate of drug-likeness (QED) is 0.866. The number of hydrogen-bond donors (Lipinski definition) is 2. The zero-order valence-corrected chi connectivity index (χ0v) is 10.5. The van der Waals surface area contributed by atoms with E-state index in [0.29, 0.717) is 11.4 Å². The maximum Gasteiger partial charge on any atom is 0.264 e. The lowest BCUT2D eigenvalue weighted by molar-refractivity contribution is 0.0955. The standard InChI is InChI=1S/C12H12N4OS/c17-12(11-7-15-16-18-11)14-4-8-1-2-9-5-13-6-10(9)3-8/h1-3,7,13H,4-6H2,(H,14,17). The van der Waals surface area contributed by atoms with Crippen molar-refractivity contribution < 1.29 is 4.79 Å². The Kier molecular flexibility index (Phi) is 3.04. The molecule has 0 saturated carbocycles. The average molecular weight is 260 g/mol. The van der Waals surface area contributed by atoms with Crippen LogP contribution in [0.2, 0.25) is 0 Å². The second kappa shape index (κ2) is 4.83. The van der Waals surface area contributed by atoms with Gasteiger partial charge in [-0.15, -0.1) is 5.10 Å². The van der Waals surface area contributed by atoms with Crippen LogP contribution in [0.4, 0.5) is 0 Å². The molecule has 0 spiro atoms. The van der Waals surface area contributed by atoms with Crippen LogP contribution in [0, 0.1) is 0 Å². The van der Waals surface area contributed by atoms with Crippen molar-refractivity contribution in [1.29, 1.82) is 0 Å². The van der Waals surface area contributed by atoms with Gasteiger partial charge in [-0.25, -0.2) is 0 Å². The number of fused-ring (bicyclic) bond motifs is 1. The Morgan fingerprint density at radius 3 is 3.11 bits per heavy atom. The van der Waals surface area contributed by atoms with Crippen LogP contribution in [0.5, 0.6) is 0 Å². The molecule has 0 unspecified atom stereocenters. The van der Waals surface area contributed by atoms with Crippen molar-refractivity contribution in [2.24, 2.45) is 0 Å². The van der Waals surface area contributed by atoms with Crippen molar-refractivity contribution >= 4 is 17.4 Å². The van der Waals surface area contributed by atoms with E-state index in [-0.39, 0.29) is 5.91 Å². The lowest BCUT2D eigenvalue weighted by Crippen LogP contribution is -2.21. The number of carbonyl (C=O) groups is 1. The molecule has 6 heteroatoms. The molecule has 1 aromatic carbocycles. The molecular formula is C12H12N4OS. The number of nitrogens with zero attached hydrogens (tertiary/aromatic N) is 2. The SMILES string of the molecule is O=C(NCc1ccc2c(c1)CNC2)c1cnns1. The predicted molar refractivity (Wildman–Crippen MR) is 68.1 cm³/mol. The molecule has 1 aliphatic rings. The maximum atomic E-state index is 11.7. The Labute approximate surface area is 108 Å². The van der Waals surface area contributed by atoms with Gasteiger partial charge in [0, 0.05) is 19.6 Å². The highest BCUT2D eigenvalue weighted by molar-refractivity contribution is 7.07. The van der Waals surface area contributed by atoms with Crippen molar-refractivity contribution in [2.75, 3.05) is 0 Å². The number of aromatic nitrogens is 2. The van der Waals surface area contributed by atoms with Gasteiger partial charge in [-0.2, -0.15) is 0 Å². The molecule has 3 rings (SSSR count). The fourth-order valence-corrected chi connectivity index (χ4v) is 2.43. The maximum absolute atomic E-state index is 11.7. The van der Waals surface area contributed by atoms with Gasteiger partial charge in [0.2, 0.25) is 0 Å². The summed E-state index contributed by atoms with van der Waals surface area (Å²) in [4.78, 5) is 12.3. The molecule has 0 atom stereocenters. The van der Waals surface area contributed by atoms with Crippen molar-refractivity contribution in [3.63, 3.8) is 0 Å². The van der Waals surface area contributed by atoms with Crippen LogP contribution in [0.3, 0.4) is 0 Å². The fourth-order valence-electron chi connectivity index (χ4n) is 1.99. The highest BCUT2D eigenvalue weighted by Gasteiger charge is 2.11. The minimum Gasteiger partial charge on any atom is -0.347 e. The van der Waals surface area contributed by atoms with E-state index < -0.39 is 0 Å². The first-order chi connectivity index (χ1) is 8.83. The van der Waals surface area contributed by atoms with Gasteiger partial charge < -0.3 is 10.6 Å². The fraction of sp³-hybridized carbons (Fsp3) is 0.250. The predicted octanol–water partition coefficient (Wildman–Crippen LogP) is 1.07. The van der Waals surface area contributed by atoms with Crippen LogP contribution in [-0.2, 0) is 19.6 Å². The van der Waals surface area contributed by atoms with E-state index >= 15 is 0 Å². The summed E-state index contributed by atoms with van der Waals surface area (Å²) in [5.41, 5.74) is 3.78. The third-order valence-electron chi connectivity index (χ3n) is 2.94. The van der Waals surface area contributed by atoms with Gasteiger partial charge in [-0.3, -0.25) is 4.79 Å². The highest BCUT2D eigenvalue weighted by atomic mass is 32.1. The number of benzene rings is 1. The molecule has 2 aromatic rings. The summed E-state index contributed by atoms with van der Waals surface area (Å²) < 4.78 is 3.67. The van der Waals surface area contributed by atoms with Gasteiger partial charge in [-0.1, -0.05) is 22.7 Å². The van der Waals surface area contributed by atoms with E-state index in [0.717, 1.165) is 30.2 Å². The molecule has 0 fully saturated rings. The van der Waals surface area contributed by atoms with Crippen LogP contribution < -0.4 is 10.6 Å². The van der Waals surface area contributed by atoms with Crippen LogP contribution >= 0.6 is 11.5 Å². The Bertz CT molecular complexity index is 567. The van der Waals surface area contributed by atoms with Crippen LogP contribution in [0.15, 0.2) is 24.4 Å². The third kappa shape index (κ3) is 2.25. The zero-order chi connectivity index (χ0) is 12.4. The van der Waals surface area contributed by atoms with E-state index in [2.05, 4.69) is 38.4 Å². The van der Waals surface area contributed by atoms with E-state index in [1.165, 1.54) is 17.3 Å². The third-order valence-corrected chi connectivity index (χ3v) is 3.60. The van der Waals surface area contributed by atoms with Crippen molar-refractivity contribution in [3.8, 4) is 0 Å². The van der Waals surface area contributed by atoms with Gasteiger partial charge in [0.05, 0.1) is 6.20 Å². The molecule has 1 amide bonds. The first kappa shape index (κ1) is 11.3. The first-order valence-electron chi connectivity index (χ1n) is 5.70. The van der Waals surface area contributed by atoms with Crippen molar-refractivity contribution in [1.82, 2.24) is 20.2 Å². The van der Waals surface area contributed by atoms with Gasteiger partial charge >= 0.3 is 0 Å². The summed E-state index contributed by atoms with van der Waals surface area (Å²) in [5.74, 6) is -0.122. The molecule has 18 heavy (non-hydrogen) atoms. The van der Waals surface area contributed by atoms with Crippen LogP contribution in [0.25, 0.3) is 0 Å². The lowest BCUT2D eigenvalue weighted by Gasteiger charge is -2.05. The van der Waals surface area contributed by atoms with Gasteiger partial charge in [0.15, 0.2) is 0 Å². The minimum atomic E-state index is -0.122. The normalized spacial score (nSPS) is 13.3. The first-order valence-corrected chi connectivity index (χ1v) is 6.47. The zero-order valence-electron chi connectivity index (χ0n) is 9.64. The Morgan fingerprint density at radius 2 is 2.28 bits per heavy atom. The van der Waals surface area contributed by atoms with Crippen LogP contribution in [-0.4, -0.2) is 15.5 Å². The summed E-state index contributed by atoms with van der Waals surface area (Å²) in [6.07, 6.45) is 1.48. The number of carbonyl (C=O) groups excluding carboxylic acids is 1. The monoisotopic (exact) mass is 260 g/mol. The van der Waals surface area contributed by atoms with Crippen molar-refractivity contribution in [2.45, 2.75) is 19.6 Å². The Hall–Kier alpha value is -1.79. The lowest BCUT2D eigenvalue weighted by atomic mass is 10.1. The molecular weight excluding hydrogens is 248 g/mol. The Balaban J connectivity index is 1.65. The van der Waals surface area contributed by atoms with E-state index in [1.54, 1.807) is 0 Å². The molecule has 0 bridgehead atoms. The van der Waals surface area contributed by atoms with Crippen LogP contribution in [0.1, 0.15) is 26.4 Å². The second-order valence-electron chi connectivity index (χ2n) is 4.17. The molecule has 2 heterocycles. The molecule has 5 nitrogen and oxygen atoms in total. The van der Waals surface area contributed by atoms with Gasteiger partial charge in [0.25, 0.3) is 5.91 Å². The summed E-state index contributed by atoms with van der Waals surface area (Å²) in [6.45, 7) is 2.38. The molecule has 0 saturated heterocycles. The molecule has 0 aliphatic carbocycles. The molecule has 1 aliphatic heterocycles. The number of amides is 1. The number of nitrogens with one attached hydrogen (secondary N) is 2. The van der Waals surface area contributed by atoms with E-state index in [1.807, 2.05) is 0 Å². The number of hydrogen-bond acceptors (Lipinski definition) is 5. The average Bonchev–Trinajstić information content (AvgIpc) is 3.05. The van der Waals surface area contributed by atoms with E-state index in [4.69, 9.17) is 0 Å². The summed E-state index contributed by atoms with van der Waals surface area (Å²) in [6, 6.07) is 6.31. The van der Waals surface area contributed by atoms with Gasteiger partial charge in [0.1, 0.15) is 4.88 Å². The largest absolute Gasteiger partial charge is 0.347 e. The Morgan fingerprint density at radius 1 is 1.39 bits per heavy atom. The molecule has 1 aromatic heterocycles. The summed E-state index contributed by atoms with van der Waals surface area (Å²) in [7, 11) is 0. The highest BCUT2D eigenvalue weighted by Crippen LogP contribution is 2.17.